The lowest BCUT2D eigenvalue weighted by Crippen LogP contribution is -2.48. The van der Waals surface area contributed by atoms with Crippen LogP contribution in [0.4, 0.5) is 5.69 Å². The second-order valence-corrected chi connectivity index (χ2v) is 6.27. The molecular weight excluding hydrogens is 350 g/mol. The number of benzene rings is 1. The Balaban J connectivity index is 1.78. The van der Waals surface area contributed by atoms with Crippen molar-refractivity contribution in [1.82, 2.24) is 9.88 Å². The van der Waals surface area contributed by atoms with Gasteiger partial charge in [0.1, 0.15) is 11.7 Å². The molecule has 0 bridgehead atoms. The summed E-state index contributed by atoms with van der Waals surface area (Å²) in [6.07, 6.45) is 3.83. The summed E-state index contributed by atoms with van der Waals surface area (Å²) >= 11 is 0. The molecule has 1 unspecified atom stereocenters. The number of esters is 1. The number of aromatic nitrogens is 1. The molecule has 1 aromatic carbocycles. The Bertz CT molecular complexity index is 849. The molecule has 1 fully saturated rings. The molecule has 1 amide bonds. The third kappa shape index (κ3) is 3.94. The first kappa shape index (κ1) is 18.5. The topological polar surface area (TPSA) is 103 Å². The normalized spacial score (nSPS) is 16.6. The fourth-order valence-electron chi connectivity index (χ4n) is 3.17. The number of non-ortho nitro benzene ring substituents is 1. The smallest absolute Gasteiger partial charge is 0.328 e. The van der Waals surface area contributed by atoms with E-state index in [0.717, 1.165) is 24.0 Å². The first-order valence-corrected chi connectivity index (χ1v) is 8.61. The first-order valence-electron chi connectivity index (χ1n) is 8.61. The van der Waals surface area contributed by atoms with Crippen molar-refractivity contribution in [3.63, 3.8) is 0 Å². The molecule has 2 aromatic rings. The van der Waals surface area contributed by atoms with Gasteiger partial charge < -0.3 is 9.64 Å². The Morgan fingerprint density at radius 1 is 1.15 bits per heavy atom. The SMILES string of the molecule is COC(=O)C1CCCCN1C(=O)c1ccc(-c2ccc([N+](=O)[O-])cc2)cn1. The minimum Gasteiger partial charge on any atom is -0.467 e. The van der Waals surface area contributed by atoms with Gasteiger partial charge in [-0.25, -0.2) is 4.79 Å². The highest BCUT2D eigenvalue weighted by Gasteiger charge is 2.33. The summed E-state index contributed by atoms with van der Waals surface area (Å²) in [7, 11) is 1.32. The van der Waals surface area contributed by atoms with Crippen LogP contribution in [0.1, 0.15) is 29.8 Å². The van der Waals surface area contributed by atoms with E-state index < -0.39 is 16.9 Å². The van der Waals surface area contributed by atoms with Crippen LogP contribution < -0.4 is 0 Å². The van der Waals surface area contributed by atoms with Crippen LogP contribution >= 0.6 is 0 Å². The van der Waals surface area contributed by atoms with E-state index in [0.29, 0.717) is 13.0 Å². The van der Waals surface area contributed by atoms with E-state index in [1.165, 1.54) is 24.1 Å². The van der Waals surface area contributed by atoms with E-state index >= 15 is 0 Å². The van der Waals surface area contributed by atoms with E-state index in [1.54, 1.807) is 30.5 Å². The molecule has 1 aromatic heterocycles. The average Bonchev–Trinajstić information content (AvgIpc) is 2.73. The minimum absolute atomic E-state index is 0.0115. The summed E-state index contributed by atoms with van der Waals surface area (Å²) in [4.78, 5) is 40.7. The van der Waals surface area contributed by atoms with Crippen molar-refractivity contribution in [2.45, 2.75) is 25.3 Å². The molecule has 2 heterocycles. The number of hydrogen-bond donors (Lipinski definition) is 0. The Labute approximate surface area is 155 Å². The number of ether oxygens (including phenoxy) is 1. The molecule has 8 nitrogen and oxygen atoms in total. The van der Waals surface area contributed by atoms with Gasteiger partial charge in [-0.1, -0.05) is 6.07 Å². The average molecular weight is 369 g/mol. The number of nitro benzene ring substituents is 1. The zero-order chi connectivity index (χ0) is 19.4. The van der Waals surface area contributed by atoms with E-state index in [1.807, 2.05) is 0 Å². The number of rotatable bonds is 4. The van der Waals surface area contributed by atoms with Crippen LogP contribution in [0.3, 0.4) is 0 Å². The lowest BCUT2D eigenvalue weighted by molar-refractivity contribution is -0.384. The van der Waals surface area contributed by atoms with Crippen molar-refractivity contribution in [1.29, 1.82) is 0 Å². The van der Waals surface area contributed by atoms with E-state index in [-0.39, 0.29) is 17.3 Å². The highest BCUT2D eigenvalue weighted by molar-refractivity contribution is 5.95. The van der Waals surface area contributed by atoms with E-state index in [9.17, 15) is 19.7 Å². The number of piperidine rings is 1. The quantitative estimate of drug-likeness (QED) is 0.466. The molecule has 0 aliphatic carbocycles. The first-order chi connectivity index (χ1) is 13.0. The molecule has 3 rings (SSSR count). The standard InChI is InChI=1S/C19H19N3O5/c1-27-19(24)17-4-2-3-11-21(17)18(23)16-10-7-14(12-20-16)13-5-8-15(9-6-13)22(25)26/h5-10,12,17H,2-4,11H2,1H3. The molecule has 0 radical (unpaired) electrons. The highest BCUT2D eigenvalue weighted by Crippen LogP contribution is 2.24. The maximum Gasteiger partial charge on any atom is 0.328 e. The fraction of sp³-hybridized carbons (Fsp3) is 0.316. The van der Waals surface area contributed by atoms with Gasteiger partial charge in [0.05, 0.1) is 12.0 Å². The Morgan fingerprint density at radius 2 is 1.85 bits per heavy atom. The van der Waals surface area contributed by atoms with Crippen molar-refractivity contribution < 1.29 is 19.2 Å². The van der Waals surface area contributed by atoms with Crippen molar-refractivity contribution in [3.8, 4) is 11.1 Å². The zero-order valence-corrected chi connectivity index (χ0v) is 14.8. The third-order valence-corrected chi connectivity index (χ3v) is 4.63. The van der Waals surface area contributed by atoms with Crippen LogP contribution in [0.2, 0.25) is 0 Å². The summed E-state index contributed by atoms with van der Waals surface area (Å²) in [6.45, 7) is 0.490. The second-order valence-electron chi connectivity index (χ2n) is 6.27. The molecular formula is C19H19N3O5. The number of hydrogen-bond acceptors (Lipinski definition) is 6. The van der Waals surface area contributed by atoms with E-state index in [4.69, 9.17) is 4.74 Å². The third-order valence-electron chi connectivity index (χ3n) is 4.63. The van der Waals surface area contributed by atoms with Crippen LogP contribution in [0.15, 0.2) is 42.6 Å². The van der Waals surface area contributed by atoms with Crippen LogP contribution in [0, 0.1) is 10.1 Å². The van der Waals surface area contributed by atoms with E-state index in [2.05, 4.69) is 4.98 Å². The van der Waals surface area contributed by atoms with Gasteiger partial charge in [0.25, 0.3) is 11.6 Å². The van der Waals surface area contributed by atoms with Crippen LogP contribution in [0.25, 0.3) is 11.1 Å². The molecule has 27 heavy (non-hydrogen) atoms. The minimum atomic E-state index is -0.576. The monoisotopic (exact) mass is 369 g/mol. The number of nitro groups is 1. The maximum atomic E-state index is 12.8. The van der Waals surface area contributed by atoms with Gasteiger partial charge in [0, 0.05) is 30.4 Å². The van der Waals surface area contributed by atoms with Gasteiger partial charge in [-0.2, -0.15) is 0 Å². The number of pyridine rings is 1. The lowest BCUT2D eigenvalue weighted by Gasteiger charge is -2.33. The molecule has 1 aliphatic rings. The number of amides is 1. The lowest BCUT2D eigenvalue weighted by atomic mass is 10.0. The fourth-order valence-corrected chi connectivity index (χ4v) is 3.17. The van der Waals surface area contributed by atoms with Gasteiger partial charge in [-0.05, 0) is 43.0 Å². The van der Waals surface area contributed by atoms with Crippen molar-refractivity contribution in [2.24, 2.45) is 0 Å². The molecule has 1 saturated heterocycles. The van der Waals surface area contributed by atoms with Gasteiger partial charge in [0.2, 0.25) is 0 Å². The van der Waals surface area contributed by atoms with Crippen LogP contribution in [-0.4, -0.2) is 46.4 Å². The van der Waals surface area contributed by atoms with Gasteiger partial charge in [0.15, 0.2) is 0 Å². The summed E-state index contributed by atoms with van der Waals surface area (Å²) in [5.41, 5.74) is 1.76. The summed E-state index contributed by atoms with van der Waals surface area (Å²) in [5, 5.41) is 10.7. The molecule has 0 N–H and O–H groups in total. The Morgan fingerprint density at radius 3 is 2.44 bits per heavy atom. The zero-order valence-electron chi connectivity index (χ0n) is 14.8. The molecule has 0 saturated carbocycles. The molecule has 1 atom stereocenters. The number of carbonyl (C=O) groups is 2. The van der Waals surface area contributed by atoms with Crippen molar-refractivity contribution in [3.05, 3.63) is 58.4 Å². The van der Waals surface area contributed by atoms with Gasteiger partial charge in [-0.3, -0.25) is 19.9 Å². The Hall–Kier alpha value is -3.29. The molecule has 140 valence electrons. The van der Waals surface area contributed by atoms with Crippen LogP contribution in [-0.2, 0) is 9.53 Å². The summed E-state index contributed by atoms with van der Waals surface area (Å²) in [5.74, 6) is -0.717. The predicted molar refractivity (Wildman–Crippen MR) is 97.0 cm³/mol. The largest absolute Gasteiger partial charge is 0.467 e. The van der Waals surface area contributed by atoms with Gasteiger partial charge in [-0.15, -0.1) is 0 Å². The summed E-state index contributed by atoms with van der Waals surface area (Å²) in [6, 6.07) is 8.86. The number of carbonyl (C=O) groups excluding carboxylic acids is 2. The number of nitrogens with zero attached hydrogens (tertiary/aromatic N) is 3. The molecule has 1 aliphatic heterocycles. The predicted octanol–water partition coefficient (Wildman–Crippen LogP) is 2.82. The van der Waals surface area contributed by atoms with Gasteiger partial charge >= 0.3 is 5.97 Å². The van der Waals surface area contributed by atoms with Crippen LogP contribution in [0.5, 0.6) is 0 Å². The second kappa shape index (κ2) is 7.94. The maximum absolute atomic E-state index is 12.8. The van der Waals surface area contributed by atoms with Crippen molar-refractivity contribution in [2.75, 3.05) is 13.7 Å². The Kier molecular flexibility index (Phi) is 5.44. The molecule has 0 spiro atoms. The molecule has 8 heteroatoms. The highest BCUT2D eigenvalue weighted by atomic mass is 16.6. The number of methoxy groups -OCH3 is 1. The summed E-state index contributed by atoms with van der Waals surface area (Å²) < 4.78 is 4.81. The van der Waals surface area contributed by atoms with Crippen molar-refractivity contribution >= 4 is 17.6 Å². The number of likely N-dealkylation sites (tertiary alicyclic amines) is 1.